The number of imidazole rings is 1. The Hall–Kier alpha value is -4.79. The molecule has 0 radical (unpaired) electrons. The Balaban J connectivity index is 1.77. The SMILES string of the molecule is CC(C)[C@H](NC(=O)[C@H](Cc1ccccc1)NC(=O)[C@@H](NC(=O)[C@@H]1CCCN1C(=O)[C@H](Cc1cnc[nH]1)NC(=O)CN)C(C)C)C(=O)O. The molecule has 15 heteroatoms. The Bertz CT molecular complexity index is 1380. The third-order valence-corrected chi connectivity index (χ3v) is 8.03. The van der Waals surface area contributed by atoms with Crippen molar-refractivity contribution in [3.05, 3.63) is 54.1 Å². The fourth-order valence-corrected chi connectivity index (χ4v) is 5.45. The Morgan fingerprint density at radius 1 is 0.915 bits per heavy atom. The first-order valence-electron chi connectivity index (χ1n) is 15.8. The Morgan fingerprint density at radius 2 is 1.60 bits per heavy atom. The summed E-state index contributed by atoms with van der Waals surface area (Å²) < 4.78 is 0. The van der Waals surface area contributed by atoms with Gasteiger partial charge in [-0.25, -0.2) is 9.78 Å². The average molecular weight is 655 g/mol. The Kier molecular flexibility index (Phi) is 13.4. The third-order valence-electron chi connectivity index (χ3n) is 8.03. The predicted molar refractivity (Wildman–Crippen MR) is 171 cm³/mol. The first-order valence-corrected chi connectivity index (χ1v) is 15.8. The maximum atomic E-state index is 13.7. The second-order valence-corrected chi connectivity index (χ2v) is 12.3. The molecule has 256 valence electrons. The molecule has 1 saturated heterocycles. The molecule has 0 unspecified atom stereocenters. The summed E-state index contributed by atoms with van der Waals surface area (Å²) in [4.78, 5) is 86.5. The number of benzene rings is 1. The van der Waals surface area contributed by atoms with Crippen LogP contribution in [0.3, 0.4) is 0 Å². The van der Waals surface area contributed by atoms with E-state index in [0.717, 1.165) is 5.56 Å². The summed E-state index contributed by atoms with van der Waals surface area (Å²) >= 11 is 0. The zero-order chi connectivity index (χ0) is 34.7. The van der Waals surface area contributed by atoms with Gasteiger partial charge in [-0.2, -0.15) is 0 Å². The van der Waals surface area contributed by atoms with Crippen molar-refractivity contribution in [3.8, 4) is 0 Å². The van der Waals surface area contributed by atoms with Crippen LogP contribution in [0.1, 0.15) is 51.8 Å². The quantitative estimate of drug-likeness (QED) is 0.123. The number of aliphatic carboxylic acids is 1. The van der Waals surface area contributed by atoms with Gasteiger partial charge in [-0.05, 0) is 30.2 Å². The number of nitrogens with one attached hydrogen (secondary N) is 5. The summed E-state index contributed by atoms with van der Waals surface area (Å²) in [5.74, 6) is -4.88. The number of hydrogen-bond acceptors (Lipinski definition) is 8. The molecule has 5 amide bonds. The van der Waals surface area contributed by atoms with Gasteiger partial charge in [0.2, 0.25) is 29.5 Å². The standard InChI is InChI=1S/C32H46N8O7/c1-18(2)26(30(44)37-22(13-20-9-6-5-7-10-20)28(42)39-27(19(3)4)32(46)47)38-29(43)24-11-8-12-40(24)31(45)23(36-25(41)15-33)14-21-16-34-17-35-21/h5-7,9-10,16-19,22-24,26-27H,8,11-15,33H2,1-4H3,(H,34,35)(H,36,41)(H,37,44)(H,38,43)(H,39,42)(H,46,47)/t22-,23-,24-,26-,27-/m0/s1. The summed E-state index contributed by atoms with van der Waals surface area (Å²) in [6.07, 6.45) is 4.05. The van der Waals surface area contributed by atoms with Crippen LogP contribution in [0.4, 0.5) is 0 Å². The highest BCUT2D eigenvalue weighted by Gasteiger charge is 2.40. The molecule has 1 aromatic carbocycles. The number of aromatic nitrogens is 2. The summed E-state index contributed by atoms with van der Waals surface area (Å²) in [5.41, 5.74) is 6.81. The molecule has 2 heterocycles. The molecule has 0 aliphatic carbocycles. The minimum atomic E-state index is -1.20. The van der Waals surface area contributed by atoms with E-state index < -0.39 is 77.6 Å². The van der Waals surface area contributed by atoms with E-state index in [-0.39, 0.29) is 25.9 Å². The van der Waals surface area contributed by atoms with E-state index in [4.69, 9.17) is 5.73 Å². The van der Waals surface area contributed by atoms with Gasteiger partial charge in [0.05, 0.1) is 12.9 Å². The molecule has 0 bridgehead atoms. The molecular weight excluding hydrogens is 608 g/mol. The number of carboxylic acids is 1. The van der Waals surface area contributed by atoms with Gasteiger partial charge in [-0.15, -0.1) is 0 Å². The number of carbonyl (C=O) groups is 6. The lowest BCUT2D eigenvalue weighted by molar-refractivity contribution is -0.143. The van der Waals surface area contributed by atoms with Gasteiger partial charge in [0.1, 0.15) is 30.2 Å². The fraction of sp³-hybridized carbons (Fsp3) is 0.531. The van der Waals surface area contributed by atoms with Gasteiger partial charge >= 0.3 is 5.97 Å². The molecule has 5 atom stereocenters. The Morgan fingerprint density at radius 3 is 2.17 bits per heavy atom. The van der Waals surface area contributed by atoms with Crippen molar-refractivity contribution in [1.29, 1.82) is 0 Å². The maximum Gasteiger partial charge on any atom is 0.326 e. The van der Waals surface area contributed by atoms with E-state index in [2.05, 4.69) is 31.2 Å². The lowest BCUT2D eigenvalue weighted by Gasteiger charge is -2.31. The number of carbonyl (C=O) groups excluding carboxylic acids is 5. The van der Waals surface area contributed by atoms with Gasteiger partial charge in [0, 0.05) is 31.3 Å². The predicted octanol–water partition coefficient (Wildman–Crippen LogP) is -0.520. The molecule has 1 fully saturated rings. The van der Waals surface area contributed by atoms with Gasteiger partial charge in [-0.1, -0.05) is 58.0 Å². The molecule has 8 N–H and O–H groups in total. The van der Waals surface area contributed by atoms with Crippen LogP contribution in [0.15, 0.2) is 42.9 Å². The second-order valence-electron chi connectivity index (χ2n) is 12.3. The topological polar surface area (TPSA) is 229 Å². The molecule has 0 saturated carbocycles. The van der Waals surface area contributed by atoms with Crippen LogP contribution in [0.25, 0.3) is 0 Å². The molecule has 1 aromatic heterocycles. The van der Waals surface area contributed by atoms with Crippen LogP contribution >= 0.6 is 0 Å². The van der Waals surface area contributed by atoms with E-state index in [0.29, 0.717) is 18.5 Å². The monoisotopic (exact) mass is 654 g/mol. The normalized spacial score (nSPS) is 17.0. The lowest BCUT2D eigenvalue weighted by Crippen LogP contribution is -2.60. The number of hydrogen-bond donors (Lipinski definition) is 7. The van der Waals surface area contributed by atoms with Gasteiger partial charge < -0.3 is 42.0 Å². The number of aromatic amines is 1. The summed E-state index contributed by atoms with van der Waals surface area (Å²) in [5, 5.41) is 20.3. The van der Waals surface area contributed by atoms with Crippen LogP contribution in [-0.2, 0) is 41.6 Å². The van der Waals surface area contributed by atoms with Crippen LogP contribution in [0.2, 0.25) is 0 Å². The molecule has 2 aromatic rings. The number of likely N-dealkylation sites (tertiary alicyclic amines) is 1. The van der Waals surface area contributed by atoms with Crippen LogP contribution in [0, 0.1) is 11.8 Å². The number of nitrogens with two attached hydrogens (primary N) is 1. The molecule has 1 aliphatic heterocycles. The smallest absolute Gasteiger partial charge is 0.326 e. The van der Waals surface area contributed by atoms with E-state index >= 15 is 0 Å². The first-order chi connectivity index (χ1) is 22.3. The second kappa shape index (κ2) is 17.2. The number of rotatable bonds is 16. The number of H-pyrrole nitrogens is 1. The largest absolute Gasteiger partial charge is 0.480 e. The lowest BCUT2D eigenvalue weighted by atomic mass is 9.99. The van der Waals surface area contributed by atoms with Crippen molar-refractivity contribution in [3.63, 3.8) is 0 Å². The average Bonchev–Trinajstić information content (AvgIpc) is 3.74. The van der Waals surface area contributed by atoms with Gasteiger partial charge in [0.15, 0.2) is 0 Å². The highest BCUT2D eigenvalue weighted by Crippen LogP contribution is 2.20. The summed E-state index contributed by atoms with van der Waals surface area (Å²) in [7, 11) is 0. The van der Waals surface area contributed by atoms with Crippen LogP contribution in [-0.4, -0.2) is 98.8 Å². The zero-order valence-corrected chi connectivity index (χ0v) is 27.2. The van der Waals surface area contributed by atoms with Gasteiger partial charge in [0.25, 0.3) is 0 Å². The van der Waals surface area contributed by atoms with Crippen molar-refractivity contribution < 1.29 is 33.9 Å². The van der Waals surface area contributed by atoms with Crippen molar-refractivity contribution >= 4 is 35.5 Å². The van der Waals surface area contributed by atoms with Crippen molar-refractivity contribution in [1.82, 2.24) is 36.1 Å². The van der Waals surface area contributed by atoms with Crippen LogP contribution in [0.5, 0.6) is 0 Å². The zero-order valence-electron chi connectivity index (χ0n) is 27.2. The number of nitrogens with zero attached hydrogens (tertiary/aromatic N) is 2. The fourth-order valence-electron chi connectivity index (χ4n) is 5.45. The minimum Gasteiger partial charge on any atom is -0.480 e. The van der Waals surface area contributed by atoms with E-state index in [9.17, 15) is 33.9 Å². The molecular formula is C32H46N8O7. The van der Waals surface area contributed by atoms with Crippen molar-refractivity contribution in [2.24, 2.45) is 17.6 Å². The highest BCUT2D eigenvalue weighted by molar-refractivity contribution is 5.96. The number of amides is 5. The molecule has 47 heavy (non-hydrogen) atoms. The minimum absolute atomic E-state index is 0.0821. The Labute approximate surface area is 273 Å². The van der Waals surface area contributed by atoms with E-state index in [1.165, 1.54) is 17.4 Å². The molecule has 3 rings (SSSR count). The van der Waals surface area contributed by atoms with Gasteiger partial charge in [-0.3, -0.25) is 24.0 Å². The van der Waals surface area contributed by atoms with E-state index in [1.807, 2.05) is 6.07 Å². The molecule has 0 spiro atoms. The summed E-state index contributed by atoms with van der Waals surface area (Å²) in [6.45, 7) is 6.74. The highest BCUT2D eigenvalue weighted by atomic mass is 16.4. The van der Waals surface area contributed by atoms with Crippen molar-refractivity contribution in [2.75, 3.05) is 13.1 Å². The maximum absolute atomic E-state index is 13.7. The first kappa shape index (κ1) is 36.7. The van der Waals surface area contributed by atoms with Crippen LogP contribution < -0.4 is 27.0 Å². The number of carboxylic acid groups (broad SMARTS) is 1. The molecule has 1 aliphatic rings. The van der Waals surface area contributed by atoms with Crippen molar-refractivity contribution in [2.45, 2.75) is 83.6 Å². The molecule has 15 nitrogen and oxygen atoms in total. The third kappa shape index (κ3) is 10.4. The van der Waals surface area contributed by atoms with E-state index in [1.54, 1.807) is 52.0 Å². The summed E-state index contributed by atoms with van der Waals surface area (Å²) in [6, 6.07) is 3.66.